The lowest BCUT2D eigenvalue weighted by atomic mass is 10.1. The van der Waals surface area contributed by atoms with Crippen LogP contribution in [0.15, 0.2) is 18.2 Å². The van der Waals surface area contributed by atoms with Gasteiger partial charge in [-0.2, -0.15) is 0 Å². The third kappa shape index (κ3) is 6.49. The minimum atomic E-state index is -0.385. The molecule has 0 bridgehead atoms. The Morgan fingerprint density at radius 1 is 1.29 bits per heavy atom. The summed E-state index contributed by atoms with van der Waals surface area (Å²) >= 11 is 0. The van der Waals surface area contributed by atoms with Crippen LogP contribution in [0, 0.1) is 0 Å². The van der Waals surface area contributed by atoms with Crippen molar-refractivity contribution in [2.75, 3.05) is 19.8 Å². The Kier molecular flexibility index (Phi) is 7.61. The fourth-order valence-electron chi connectivity index (χ4n) is 1.83. The van der Waals surface area contributed by atoms with Crippen LogP contribution in [0.5, 0.6) is 11.5 Å². The van der Waals surface area contributed by atoms with Crippen molar-refractivity contribution < 1.29 is 19.0 Å². The lowest BCUT2D eigenvalue weighted by Crippen LogP contribution is -2.19. The lowest BCUT2D eigenvalue weighted by Gasteiger charge is -2.14. The van der Waals surface area contributed by atoms with Crippen LogP contribution < -0.4 is 15.2 Å². The van der Waals surface area contributed by atoms with E-state index in [-0.39, 0.29) is 18.6 Å². The minimum Gasteiger partial charge on any atom is -0.493 e. The molecule has 1 atom stereocenters. The second-order valence-electron chi connectivity index (χ2n) is 4.89. The van der Waals surface area contributed by atoms with Gasteiger partial charge in [0.25, 0.3) is 0 Å². The highest BCUT2D eigenvalue weighted by atomic mass is 16.6. The summed E-state index contributed by atoms with van der Waals surface area (Å²) in [5, 5.41) is 0. The van der Waals surface area contributed by atoms with E-state index < -0.39 is 0 Å². The third-order valence-corrected chi connectivity index (χ3v) is 2.70. The van der Waals surface area contributed by atoms with E-state index in [9.17, 15) is 4.79 Å². The molecule has 21 heavy (non-hydrogen) atoms. The maximum absolute atomic E-state index is 11.4. The molecule has 0 radical (unpaired) electrons. The fraction of sp³-hybridized carbons (Fsp3) is 0.562. The molecule has 0 aliphatic rings. The maximum atomic E-state index is 11.4. The Labute approximate surface area is 126 Å². The second-order valence-corrected chi connectivity index (χ2v) is 4.89. The van der Waals surface area contributed by atoms with Crippen molar-refractivity contribution in [1.82, 2.24) is 0 Å². The number of rotatable bonds is 9. The number of esters is 1. The number of carbonyl (C=O) groups is 1. The van der Waals surface area contributed by atoms with Gasteiger partial charge in [-0.15, -0.1) is 0 Å². The third-order valence-electron chi connectivity index (χ3n) is 2.70. The highest BCUT2D eigenvalue weighted by Gasteiger charge is 2.11. The zero-order valence-corrected chi connectivity index (χ0v) is 13.1. The van der Waals surface area contributed by atoms with Gasteiger partial charge < -0.3 is 19.9 Å². The Hall–Kier alpha value is -1.75. The minimum absolute atomic E-state index is 0.0114. The summed E-state index contributed by atoms with van der Waals surface area (Å²) in [5.41, 5.74) is 6.79. The maximum Gasteiger partial charge on any atom is 0.344 e. The van der Waals surface area contributed by atoms with Gasteiger partial charge >= 0.3 is 5.97 Å². The average Bonchev–Trinajstić information content (AvgIpc) is 2.44. The highest BCUT2D eigenvalue weighted by molar-refractivity contribution is 5.71. The van der Waals surface area contributed by atoms with Crippen molar-refractivity contribution >= 4 is 5.97 Å². The molecule has 118 valence electrons. The van der Waals surface area contributed by atoms with E-state index in [2.05, 4.69) is 0 Å². The number of ether oxygens (including phenoxy) is 3. The number of carbonyl (C=O) groups excluding carboxylic acids is 1. The largest absolute Gasteiger partial charge is 0.493 e. The smallest absolute Gasteiger partial charge is 0.344 e. The molecule has 0 aliphatic carbocycles. The molecule has 0 saturated carbocycles. The summed E-state index contributed by atoms with van der Waals surface area (Å²) in [5.74, 6) is 0.960. The van der Waals surface area contributed by atoms with Gasteiger partial charge in [0.2, 0.25) is 0 Å². The molecule has 0 aliphatic heterocycles. The first-order valence-electron chi connectivity index (χ1n) is 7.36. The summed E-state index contributed by atoms with van der Waals surface area (Å²) < 4.78 is 16.0. The van der Waals surface area contributed by atoms with Gasteiger partial charge in [-0.1, -0.05) is 13.0 Å². The van der Waals surface area contributed by atoms with E-state index in [0.29, 0.717) is 25.4 Å². The van der Waals surface area contributed by atoms with Crippen molar-refractivity contribution in [3.05, 3.63) is 23.8 Å². The molecule has 0 heterocycles. The van der Waals surface area contributed by atoms with Crippen molar-refractivity contribution in [2.24, 2.45) is 5.73 Å². The topological polar surface area (TPSA) is 70.8 Å². The van der Waals surface area contributed by atoms with Crippen LogP contribution in [0.1, 0.15) is 32.8 Å². The van der Waals surface area contributed by atoms with Gasteiger partial charge in [0.05, 0.1) is 13.2 Å². The van der Waals surface area contributed by atoms with Gasteiger partial charge in [0.1, 0.15) is 11.5 Å². The number of hydrogen-bond acceptors (Lipinski definition) is 5. The summed E-state index contributed by atoms with van der Waals surface area (Å²) in [6.07, 6.45) is 1.60. The summed E-state index contributed by atoms with van der Waals surface area (Å²) in [6, 6.07) is 5.63. The van der Waals surface area contributed by atoms with E-state index in [1.54, 1.807) is 13.0 Å². The van der Waals surface area contributed by atoms with Crippen LogP contribution in [0.25, 0.3) is 0 Å². The van der Waals surface area contributed by atoms with Crippen LogP contribution in [0.3, 0.4) is 0 Å². The number of benzene rings is 1. The molecular formula is C16H25NO4. The lowest BCUT2D eigenvalue weighted by molar-refractivity contribution is -0.145. The summed E-state index contributed by atoms with van der Waals surface area (Å²) in [6.45, 7) is 6.60. The predicted octanol–water partition coefficient (Wildman–Crippen LogP) is 2.31. The Balaban J connectivity index is 2.80. The first-order chi connectivity index (χ1) is 10.1. The van der Waals surface area contributed by atoms with E-state index in [4.69, 9.17) is 19.9 Å². The Bertz CT molecular complexity index is 446. The standard InChI is InChI=1S/C16H25NO4/c1-4-8-20-14-7-6-13(9-12(3)17)15(10-14)21-11-16(18)19-5-2/h6-7,10,12H,4-5,8-9,11,17H2,1-3H3. The van der Waals surface area contributed by atoms with Gasteiger partial charge in [-0.3, -0.25) is 0 Å². The molecule has 1 aromatic rings. The van der Waals surface area contributed by atoms with Gasteiger partial charge in [0.15, 0.2) is 6.61 Å². The Morgan fingerprint density at radius 3 is 2.67 bits per heavy atom. The molecule has 0 spiro atoms. The average molecular weight is 295 g/mol. The van der Waals surface area contributed by atoms with E-state index in [1.165, 1.54) is 0 Å². The zero-order valence-electron chi connectivity index (χ0n) is 13.1. The molecule has 1 rings (SSSR count). The van der Waals surface area contributed by atoms with Crippen LogP contribution >= 0.6 is 0 Å². The molecule has 2 N–H and O–H groups in total. The van der Waals surface area contributed by atoms with Crippen molar-refractivity contribution in [1.29, 1.82) is 0 Å². The number of hydrogen-bond donors (Lipinski definition) is 1. The van der Waals surface area contributed by atoms with E-state index in [1.807, 2.05) is 26.0 Å². The van der Waals surface area contributed by atoms with Crippen molar-refractivity contribution in [2.45, 2.75) is 39.7 Å². The van der Waals surface area contributed by atoms with Crippen LogP contribution in [-0.2, 0) is 16.0 Å². The molecule has 1 aromatic carbocycles. The molecule has 0 aromatic heterocycles. The highest BCUT2D eigenvalue weighted by Crippen LogP contribution is 2.26. The molecule has 0 saturated heterocycles. The van der Waals surface area contributed by atoms with Crippen LogP contribution in [0.2, 0.25) is 0 Å². The first kappa shape index (κ1) is 17.3. The van der Waals surface area contributed by atoms with Gasteiger partial charge in [-0.25, -0.2) is 4.79 Å². The first-order valence-corrected chi connectivity index (χ1v) is 7.36. The SMILES string of the molecule is CCCOc1ccc(CC(C)N)c(OCC(=O)OCC)c1. The molecule has 0 fully saturated rings. The summed E-state index contributed by atoms with van der Waals surface area (Å²) in [4.78, 5) is 11.4. The summed E-state index contributed by atoms with van der Waals surface area (Å²) in [7, 11) is 0. The number of nitrogens with two attached hydrogens (primary N) is 1. The van der Waals surface area contributed by atoms with Crippen LogP contribution in [-0.4, -0.2) is 31.8 Å². The van der Waals surface area contributed by atoms with Gasteiger partial charge in [-0.05, 0) is 38.3 Å². The zero-order chi connectivity index (χ0) is 15.7. The van der Waals surface area contributed by atoms with Gasteiger partial charge in [0, 0.05) is 12.1 Å². The second kappa shape index (κ2) is 9.23. The molecule has 5 nitrogen and oxygen atoms in total. The molecule has 5 heteroatoms. The van der Waals surface area contributed by atoms with E-state index >= 15 is 0 Å². The quantitative estimate of drug-likeness (QED) is 0.708. The monoisotopic (exact) mass is 295 g/mol. The van der Waals surface area contributed by atoms with Crippen molar-refractivity contribution in [3.8, 4) is 11.5 Å². The Morgan fingerprint density at radius 2 is 2.05 bits per heavy atom. The normalized spacial score (nSPS) is 11.8. The molecular weight excluding hydrogens is 270 g/mol. The molecule has 0 amide bonds. The molecule has 1 unspecified atom stereocenters. The van der Waals surface area contributed by atoms with Crippen molar-refractivity contribution in [3.63, 3.8) is 0 Å². The predicted molar refractivity (Wildman–Crippen MR) is 81.7 cm³/mol. The van der Waals surface area contributed by atoms with Crippen LogP contribution in [0.4, 0.5) is 0 Å². The van der Waals surface area contributed by atoms with E-state index in [0.717, 1.165) is 17.7 Å². The fourth-order valence-corrected chi connectivity index (χ4v) is 1.83.